The number of rotatable bonds is 10. The summed E-state index contributed by atoms with van der Waals surface area (Å²) < 4.78 is 1.03. The molecule has 0 saturated carbocycles. The average molecular weight is 475 g/mol. The van der Waals surface area contributed by atoms with E-state index >= 15 is 0 Å². The van der Waals surface area contributed by atoms with Gasteiger partial charge in [0, 0.05) is 41.8 Å². The lowest BCUT2D eigenvalue weighted by atomic mass is 9.94. The molecule has 1 aliphatic heterocycles. The first-order valence-electron chi connectivity index (χ1n) is 10.4. The molecule has 1 atom stereocenters. The molecule has 160 valence electrons. The summed E-state index contributed by atoms with van der Waals surface area (Å²) in [7, 11) is 0. The number of carbonyl (C=O) groups is 2. The number of anilines is 1. The topological polar surface area (TPSA) is 105 Å². The number of hydrogen-bond acceptors (Lipinski definition) is 6. The molecule has 0 saturated heterocycles. The Hall–Kier alpha value is -2.35. The Balaban J connectivity index is 1.43. The first-order chi connectivity index (χ1) is 14.4. The van der Waals surface area contributed by atoms with Crippen molar-refractivity contribution in [2.24, 2.45) is 0 Å². The molecule has 0 aliphatic carbocycles. The molecule has 3 rings (SSSR count). The van der Waals surface area contributed by atoms with Crippen molar-refractivity contribution in [3.63, 3.8) is 0 Å². The van der Waals surface area contributed by atoms with Crippen molar-refractivity contribution in [3.8, 4) is 0 Å². The summed E-state index contributed by atoms with van der Waals surface area (Å²) in [6, 6.07) is 2.15. The Morgan fingerprint density at radius 3 is 2.73 bits per heavy atom. The van der Waals surface area contributed by atoms with E-state index in [1.54, 1.807) is 6.92 Å². The summed E-state index contributed by atoms with van der Waals surface area (Å²) in [6.07, 6.45) is 8.65. The number of hydrogen-bond donors (Lipinski definition) is 2. The number of ketones is 1. The highest BCUT2D eigenvalue weighted by Gasteiger charge is 2.21. The highest BCUT2D eigenvalue weighted by atomic mass is 79.9. The molecule has 1 aliphatic rings. The number of aliphatic carboxylic acids is 1. The molecule has 0 unspecified atom stereocenters. The molecule has 0 bridgehead atoms. The third-order valence-electron chi connectivity index (χ3n) is 5.38. The van der Waals surface area contributed by atoms with Crippen molar-refractivity contribution in [1.29, 1.82) is 0 Å². The minimum absolute atomic E-state index is 0.0911. The number of pyridine rings is 1. The Bertz CT molecular complexity index is 902. The van der Waals surface area contributed by atoms with E-state index in [0.717, 1.165) is 54.6 Å². The van der Waals surface area contributed by atoms with Gasteiger partial charge in [0.2, 0.25) is 0 Å². The summed E-state index contributed by atoms with van der Waals surface area (Å²) in [4.78, 5) is 36.7. The molecule has 8 heteroatoms. The van der Waals surface area contributed by atoms with Gasteiger partial charge in [-0.2, -0.15) is 0 Å². The Labute approximate surface area is 184 Å². The van der Waals surface area contributed by atoms with Crippen LogP contribution in [0.1, 0.15) is 67.1 Å². The van der Waals surface area contributed by atoms with Crippen LogP contribution in [0.15, 0.2) is 22.9 Å². The van der Waals surface area contributed by atoms with Crippen LogP contribution in [0.4, 0.5) is 5.82 Å². The second kappa shape index (κ2) is 10.6. The number of Topliss-reactive ketones (excluding diaryl/α,β-unsaturated/α-hetero) is 1. The smallest absolute Gasteiger partial charge is 0.311 e. The van der Waals surface area contributed by atoms with E-state index in [4.69, 9.17) is 4.98 Å². The van der Waals surface area contributed by atoms with E-state index in [1.807, 2.05) is 0 Å². The van der Waals surface area contributed by atoms with Gasteiger partial charge in [-0.3, -0.25) is 9.59 Å². The largest absolute Gasteiger partial charge is 0.481 e. The van der Waals surface area contributed by atoms with E-state index in [1.165, 1.54) is 18.0 Å². The number of halogens is 1. The van der Waals surface area contributed by atoms with Crippen molar-refractivity contribution in [2.75, 3.05) is 11.9 Å². The minimum atomic E-state index is -0.952. The van der Waals surface area contributed by atoms with Crippen LogP contribution in [0.3, 0.4) is 0 Å². The van der Waals surface area contributed by atoms with Gasteiger partial charge in [0.1, 0.15) is 17.4 Å². The number of carbonyl (C=O) groups excluding carboxylic acids is 1. The van der Waals surface area contributed by atoms with Crippen LogP contribution in [0.2, 0.25) is 0 Å². The fourth-order valence-electron chi connectivity index (χ4n) is 3.63. The highest BCUT2D eigenvalue weighted by Crippen LogP contribution is 2.27. The number of fused-ring (bicyclic) bond motifs is 1. The highest BCUT2D eigenvalue weighted by molar-refractivity contribution is 9.10. The molecule has 0 amide bonds. The van der Waals surface area contributed by atoms with Gasteiger partial charge >= 0.3 is 5.97 Å². The number of aryl methyl sites for hydroxylation is 3. The fraction of sp³-hybridized carbons (Fsp3) is 0.500. The lowest BCUT2D eigenvalue weighted by Crippen LogP contribution is -2.15. The molecule has 2 aromatic heterocycles. The summed E-state index contributed by atoms with van der Waals surface area (Å²) in [5.74, 6) is -0.0385. The molecule has 7 nitrogen and oxygen atoms in total. The van der Waals surface area contributed by atoms with Gasteiger partial charge in [0.15, 0.2) is 0 Å². The van der Waals surface area contributed by atoms with Crippen LogP contribution in [-0.4, -0.2) is 38.4 Å². The normalized spacial score (nSPS) is 13.9. The van der Waals surface area contributed by atoms with Gasteiger partial charge in [0.05, 0.1) is 11.6 Å². The molecular formula is C22H27BrN4O3. The van der Waals surface area contributed by atoms with E-state index < -0.39 is 11.9 Å². The minimum Gasteiger partial charge on any atom is -0.481 e. The zero-order valence-electron chi connectivity index (χ0n) is 17.2. The number of nitrogens with zero attached hydrogens (tertiary/aromatic N) is 3. The predicted octanol–water partition coefficient (Wildman–Crippen LogP) is 4.23. The Kier molecular flexibility index (Phi) is 7.90. The second-order valence-electron chi connectivity index (χ2n) is 7.69. The van der Waals surface area contributed by atoms with Crippen molar-refractivity contribution in [2.45, 2.75) is 64.2 Å². The van der Waals surface area contributed by atoms with Crippen LogP contribution in [0.25, 0.3) is 0 Å². The van der Waals surface area contributed by atoms with Gasteiger partial charge < -0.3 is 10.4 Å². The third kappa shape index (κ3) is 6.08. The lowest BCUT2D eigenvalue weighted by molar-refractivity contribution is -0.139. The van der Waals surface area contributed by atoms with Gasteiger partial charge in [-0.1, -0.05) is 0 Å². The standard InChI is InChI=1S/C22H27BrN4O3/c1-14-25-12-16(13-26-14)18(22(29)30)9-8-17(28)6-2-3-7-20-19(23)11-15-5-4-10-24-21(15)27-20/h11-13,18H,2-10H2,1H3,(H,24,27)(H,29,30)/t18-/m1/s1. The molecule has 30 heavy (non-hydrogen) atoms. The maximum Gasteiger partial charge on any atom is 0.311 e. The Morgan fingerprint density at radius 2 is 2.00 bits per heavy atom. The van der Waals surface area contributed by atoms with Crippen LogP contribution >= 0.6 is 15.9 Å². The number of unbranched alkanes of at least 4 members (excludes halogenated alkanes) is 1. The SMILES string of the molecule is Cc1ncc([C@@H](CCC(=O)CCCCc2nc3c(cc2Br)CCCN3)C(=O)O)cn1. The Morgan fingerprint density at radius 1 is 1.23 bits per heavy atom. The molecule has 0 aromatic carbocycles. The van der Waals surface area contributed by atoms with Gasteiger partial charge in [0.25, 0.3) is 0 Å². The number of aromatic nitrogens is 3. The van der Waals surface area contributed by atoms with E-state index in [9.17, 15) is 14.7 Å². The van der Waals surface area contributed by atoms with Crippen molar-refractivity contribution >= 4 is 33.5 Å². The van der Waals surface area contributed by atoms with Crippen molar-refractivity contribution < 1.29 is 14.7 Å². The van der Waals surface area contributed by atoms with E-state index in [-0.39, 0.29) is 18.6 Å². The fourth-order valence-corrected chi connectivity index (χ4v) is 4.19. The molecular weight excluding hydrogens is 448 g/mol. The van der Waals surface area contributed by atoms with Gasteiger partial charge in [-0.25, -0.2) is 15.0 Å². The molecule has 3 heterocycles. The molecule has 2 aromatic rings. The van der Waals surface area contributed by atoms with Crippen LogP contribution in [0.5, 0.6) is 0 Å². The first kappa shape index (κ1) is 22.3. The van der Waals surface area contributed by atoms with Gasteiger partial charge in [-0.15, -0.1) is 0 Å². The number of carboxylic acids is 1. The van der Waals surface area contributed by atoms with Crippen molar-refractivity contribution in [3.05, 3.63) is 45.6 Å². The molecule has 2 N–H and O–H groups in total. The monoisotopic (exact) mass is 474 g/mol. The zero-order chi connectivity index (χ0) is 21.5. The summed E-state index contributed by atoms with van der Waals surface area (Å²) in [6.45, 7) is 2.71. The van der Waals surface area contributed by atoms with Crippen LogP contribution < -0.4 is 5.32 Å². The van der Waals surface area contributed by atoms with E-state index in [0.29, 0.717) is 17.8 Å². The molecule has 0 spiro atoms. The molecule has 0 radical (unpaired) electrons. The lowest BCUT2D eigenvalue weighted by Gasteiger charge is -2.18. The second-order valence-corrected chi connectivity index (χ2v) is 8.55. The average Bonchev–Trinajstić information content (AvgIpc) is 2.72. The number of nitrogens with one attached hydrogen (secondary N) is 1. The van der Waals surface area contributed by atoms with Crippen LogP contribution in [0, 0.1) is 6.92 Å². The third-order valence-corrected chi connectivity index (χ3v) is 6.06. The summed E-state index contributed by atoms with van der Waals surface area (Å²) >= 11 is 3.61. The quantitative estimate of drug-likeness (QED) is 0.496. The zero-order valence-corrected chi connectivity index (χ0v) is 18.7. The number of carboxylic acid groups (broad SMARTS) is 1. The maximum atomic E-state index is 12.3. The van der Waals surface area contributed by atoms with Gasteiger partial charge in [-0.05, 0) is 73.0 Å². The van der Waals surface area contributed by atoms with Crippen LogP contribution in [-0.2, 0) is 22.4 Å². The summed E-state index contributed by atoms with van der Waals surface area (Å²) in [5, 5.41) is 12.8. The maximum absolute atomic E-state index is 12.3. The van der Waals surface area contributed by atoms with E-state index in [2.05, 4.69) is 37.3 Å². The predicted molar refractivity (Wildman–Crippen MR) is 118 cm³/mol. The molecule has 0 fully saturated rings. The first-order valence-corrected chi connectivity index (χ1v) is 11.2. The summed E-state index contributed by atoms with van der Waals surface area (Å²) in [5.41, 5.74) is 2.80. The van der Waals surface area contributed by atoms with Crippen molar-refractivity contribution in [1.82, 2.24) is 15.0 Å².